The molecular formula is C12H15N3OS. The van der Waals surface area contributed by atoms with Gasteiger partial charge in [-0.1, -0.05) is 6.07 Å². The minimum atomic E-state index is 0.0830. The summed E-state index contributed by atoms with van der Waals surface area (Å²) in [7, 11) is 3.60. The van der Waals surface area contributed by atoms with Crippen LogP contribution in [-0.4, -0.2) is 22.9 Å². The predicted molar refractivity (Wildman–Crippen MR) is 68.5 cm³/mol. The zero-order chi connectivity index (χ0) is 12.3. The van der Waals surface area contributed by atoms with E-state index in [1.54, 1.807) is 13.3 Å². The molecule has 17 heavy (non-hydrogen) atoms. The molecule has 2 rings (SSSR count). The van der Waals surface area contributed by atoms with E-state index in [0.29, 0.717) is 0 Å². The van der Waals surface area contributed by atoms with Gasteiger partial charge < -0.3 is 10.1 Å². The van der Waals surface area contributed by atoms with Crippen LogP contribution in [0.25, 0.3) is 0 Å². The Bertz CT molecular complexity index is 485. The van der Waals surface area contributed by atoms with E-state index in [2.05, 4.69) is 27.1 Å². The summed E-state index contributed by atoms with van der Waals surface area (Å²) in [5.41, 5.74) is 3.32. The minimum absolute atomic E-state index is 0.0830. The van der Waals surface area contributed by atoms with E-state index in [1.165, 1.54) is 22.9 Å². The Labute approximate surface area is 105 Å². The predicted octanol–water partition coefficient (Wildman–Crippen LogP) is 2.16. The molecule has 1 N–H and O–H groups in total. The van der Waals surface area contributed by atoms with Crippen LogP contribution in [-0.2, 0) is 0 Å². The molecule has 0 aliphatic carbocycles. The van der Waals surface area contributed by atoms with E-state index in [1.807, 2.05) is 19.2 Å². The van der Waals surface area contributed by atoms with E-state index in [9.17, 15) is 0 Å². The number of nitrogens with one attached hydrogen (secondary N) is 1. The van der Waals surface area contributed by atoms with E-state index < -0.39 is 0 Å². The normalized spacial score (nSPS) is 12.4. The molecule has 1 unspecified atom stereocenters. The first kappa shape index (κ1) is 12.0. The van der Waals surface area contributed by atoms with E-state index in [4.69, 9.17) is 4.74 Å². The Hall–Kier alpha value is -1.46. The summed E-state index contributed by atoms with van der Waals surface area (Å²) < 4.78 is 13.5. The van der Waals surface area contributed by atoms with Crippen LogP contribution in [0, 0.1) is 6.92 Å². The zero-order valence-electron chi connectivity index (χ0n) is 10.1. The highest BCUT2D eigenvalue weighted by Crippen LogP contribution is 2.26. The van der Waals surface area contributed by atoms with Crippen LogP contribution in [0.2, 0.25) is 0 Å². The first-order valence-corrected chi connectivity index (χ1v) is 6.08. The fourth-order valence-electron chi connectivity index (χ4n) is 1.86. The van der Waals surface area contributed by atoms with Crippen molar-refractivity contribution in [3.63, 3.8) is 0 Å². The molecule has 0 aliphatic rings. The zero-order valence-corrected chi connectivity index (χ0v) is 10.9. The first-order chi connectivity index (χ1) is 8.26. The van der Waals surface area contributed by atoms with Gasteiger partial charge in [0, 0.05) is 0 Å². The van der Waals surface area contributed by atoms with E-state index in [-0.39, 0.29) is 6.04 Å². The molecule has 90 valence electrons. The van der Waals surface area contributed by atoms with Gasteiger partial charge in [0.15, 0.2) is 0 Å². The largest absolute Gasteiger partial charge is 0.497 e. The number of hydrogen-bond donors (Lipinski definition) is 1. The lowest BCUT2D eigenvalue weighted by molar-refractivity contribution is 0.414. The molecular weight excluding hydrogens is 234 g/mol. The van der Waals surface area contributed by atoms with Crippen molar-refractivity contribution in [2.24, 2.45) is 0 Å². The molecule has 0 spiro atoms. The van der Waals surface area contributed by atoms with E-state index in [0.717, 1.165) is 11.4 Å². The third kappa shape index (κ3) is 2.45. The Balaban J connectivity index is 2.38. The van der Waals surface area contributed by atoms with Gasteiger partial charge in [0.05, 0.1) is 36.8 Å². The van der Waals surface area contributed by atoms with Crippen LogP contribution in [0.1, 0.15) is 22.9 Å². The average Bonchev–Trinajstić information content (AvgIpc) is 2.85. The third-order valence-corrected chi connectivity index (χ3v) is 3.24. The van der Waals surface area contributed by atoms with Crippen molar-refractivity contribution in [2.75, 3.05) is 14.2 Å². The fourth-order valence-corrected chi connectivity index (χ4v) is 2.31. The maximum absolute atomic E-state index is 5.21. The lowest BCUT2D eigenvalue weighted by Crippen LogP contribution is -2.18. The van der Waals surface area contributed by atoms with Crippen molar-refractivity contribution in [1.82, 2.24) is 14.1 Å². The Kier molecular flexibility index (Phi) is 3.71. The van der Waals surface area contributed by atoms with Crippen molar-refractivity contribution in [3.05, 3.63) is 41.2 Å². The second-order valence-electron chi connectivity index (χ2n) is 3.78. The number of rotatable bonds is 4. The van der Waals surface area contributed by atoms with Crippen LogP contribution in [0.5, 0.6) is 5.75 Å². The standard InChI is InChI=1S/C12H15N3OS/c1-8-6-9(16-3)4-5-10(8)12(13-2)11-7-14-17-15-11/h4-7,12-13H,1-3H3. The molecule has 0 saturated heterocycles. The summed E-state index contributed by atoms with van der Waals surface area (Å²) in [6, 6.07) is 6.14. The Morgan fingerprint density at radius 3 is 2.76 bits per heavy atom. The smallest absolute Gasteiger partial charge is 0.119 e. The molecule has 2 aromatic rings. The minimum Gasteiger partial charge on any atom is -0.497 e. The van der Waals surface area contributed by atoms with Crippen LogP contribution in [0.3, 0.4) is 0 Å². The van der Waals surface area contributed by atoms with Crippen molar-refractivity contribution in [1.29, 1.82) is 0 Å². The third-order valence-electron chi connectivity index (χ3n) is 2.75. The summed E-state index contributed by atoms with van der Waals surface area (Å²) in [5, 5.41) is 3.26. The van der Waals surface area contributed by atoms with Crippen LogP contribution >= 0.6 is 11.7 Å². The Morgan fingerprint density at radius 2 is 2.24 bits per heavy atom. The summed E-state index contributed by atoms with van der Waals surface area (Å²) >= 11 is 1.23. The average molecular weight is 249 g/mol. The highest BCUT2D eigenvalue weighted by atomic mass is 32.1. The van der Waals surface area contributed by atoms with Gasteiger partial charge in [0.25, 0.3) is 0 Å². The number of aryl methyl sites for hydroxylation is 1. The number of hydrogen-bond acceptors (Lipinski definition) is 5. The summed E-state index contributed by atoms with van der Waals surface area (Å²) in [4.78, 5) is 0. The molecule has 1 heterocycles. The van der Waals surface area contributed by atoms with Gasteiger partial charge in [-0.05, 0) is 37.2 Å². The molecule has 0 aliphatic heterocycles. The Morgan fingerprint density at radius 1 is 1.41 bits per heavy atom. The lowest BCUT2D eigenvalue weighted by Gasteiger charge is -2.17. The van der Waals surface area contributed by atoms with Gasteiger partial charge in [0.1, 0.15) is 5.75 Å². The van der Waals surface area contributed by atoms with Gasteiger partial charge in [-0.3, -0.25) is 0 Å². The highest BCUT2D eigenvalue weighted by Gasteiger charge is 2.16. The quantitative estimate of drug-likeness (QED) is 0.902. The first-order valence-electron chi connectivity index (χ1n) is 5.35. The molecule has 0 fully saturated rings. The van der Waals surface area contributed by atoms with Gasteiger partial charge >= 0.3 is 0 Å². The van der Waals surface area contributed by atoms with Gasteiger partial charge in [0.2, 0.25) is 0 Å². The van der Waals surface area contributed by atoms with Crippen molar-refractivity contribution in [3.8, 4) is 5.75 Å². The maximum Gasteiger partial charge on any atom is 0.119 e. The maximum atomic E-state index is 5.21. The molecule has 0 radical (unpaired) electrons. The molecule has 1 aromatic heterocycles. The van der Waals surface area contributed by atoms with E-state index >= 15 is 0 Å². The van der Waals surface area contributed by atoms with Crippen LogP contribution in [0.15, 0.2) is 24.4 Å². The number of benzene rings is 1. The summed E-state index contributed by atoms with van der Waals surface area (Å²) in [6.45, 7) is 2.07. The number of nitrogens with zero attached hydrogens (tertiary/aromatic N) is 2. The second kappa shape index (κ2) is 5.25. The SMILES string of the molecule is CNC(c1cnsn1)c1ccc(OC)cc1C. The molecule has 5 heteroatoms. The number of ether oxygens (including phenoxy) is 1. The van der Waals surface area contributed by atoms with Crippen LogP contribution in [0.4, 0.5) is 0 Å². The second-order valence-corrected chi connectivity index (χ2v) is 4.33. The molecule has 1 aromatic carbocycles. The molecule has 4 nitrogen and oxygen atoms in total. The summed E-state index contributed by atoms with van der Waals surface area (Å²) in [6.07, 6.45) is 1.80. The number of aromatic nitrogens is 2. The summed E-state index contributed by atoms with van der Waals surface area (Å²) in [5.74, 6) is 0.873. The lowest BCUT2D eigenvalue weighted by atomic mass is 9.99. The number of methoxy groups -OCH3 is 1. The molecule has 0 saturated carbocycles. The highest BCUT2D eigenvalue weighted by molar-refractivity contribution is 6.99. The van der Waals surface area contributed by atoms with Crippen molar-refractivity contribution in [2.45, 2.75) is 13.0 Å². The van der Waals surface area contributed by atoms with Crippen molar-refractivity contribution >= 4 is 11.7 Å². The van der Waals surface area contributed by atoms with Crippen LogP contribution < -0.4 is 10.1 Å². The van der Waals surface area contributed by atoms with Gasteiger partial charge in [-0.15, -0.1) is 0 Å². The van der Waals surface area contributed by atoms with Gasteiger partial charge in [-0.25, -0.2) is 0 Å². The fraction of sp³-hybridized carbons (Fsp3) is 0.333. The topological polar surface area (TPSA) is 47.0 Å². The molecule has 1 atom stereocenters. The monoisotopic (exact) mass is 249 g/mol. The molecule has 0 bridgehead atoms. The molecule has 0 amide bonds. The van der Waals surface area contributed by atoms with Gasteiger partial charge in [-0.2, -0.15) is 8.75 Å². The van der Waals surface area contributed by atoms with Crippen molar-refractivity contribution < 1.29 is 4.74 Å².